The van der Waals surface area contributed by atoms with Crippen LogP contribution in [0.25, 0.3) is 0 Å². The molecule has 5 atom stereocenters. The fourth-order valence-corrected chi connectivity index (χ4v) is 12.5. The van der Waals surface area contributed by atoms with E-state index in [2.05, 4.69) is 167 Å². The Labute approximate surface area is 650 Å². The highest BCUT2D eigenvalue weighted by Gasteiger charge is 2.29. The minimum atomic E-state index is -4.95. The Balaban J connectivity index is 4.47. The first-order valence-electron chi connectivity index (χ1n) is 41.8. The van der Waals surface area contributed by atoms with Gasteiger partial charge < -0.3 is 34.2 Å². The van der Waals surface area contributed by atoms with Crippen molar-refractivity contribution in [3.63, 3.8) is 0 Å². The Bertz CT molecular complexity index is 2580. The van der Waals surface area contributed by atoms with Crippen molar-refractivity contribution >= 4 is 33.6 Å². The Kier molecular flexibility index (Phi) is 77.0. The van der Waals surface area contributed by atoms with Gasteiger partial charge in [-0.25, -0.2) is 9.13 Å². The third-order valence-electron chi connectivity index (χ3n) is 17.2. The monoisotopic (exact) mass is 1540 g/mol. The maximum Gasteiger partial charge on any atom is 0.472 e. The number of aliphatic hydroxyl groups is 2. The summed E-state index contributed by atoms with van der Waals surface area (Å²) in [5, 5.41) is 20.7. The molecule has 0 fully saturated rings. The van der Waals surface area contributed by atoms with Gasteiger partial charge in [0.25, 0.3) is 0 Å². The number of aliphatic hydroxyl groups excluding tert-OH is 2. The molecular weight excluding hydrogens is 1390 g/mol. The quantitative estimate of drug-likeness (QED) is 0.0146. The van der Waals surface area contributed by atoms with E-state index >= 15 is 0 Å². The Hall–Kier alpha value is -4.83. The van der Waals surface area contributed by atoms with Crippen LogP contribution in [0.15, 0.2) is 158 Å². The molecule has 0 aliphatic rings. The third-order valence-corrected chi connectivity index (χ3v) is 19.1. The summed E-state index contributed by atoms with van der Waals surface area (Å²) < 4.78 is 61.1. The van der Waals surface area contributed by atoms with E-state index in [9.17, 15) is 43.5 Å². The van der Waals surface area contributed by atoms with Crippen LogP contribution in [0.3, 0.4) is 0 Å². The first-order valence-corrected chi connectivity index (χ1v) is 44.8. The molecule has 107 heavy (non-hydrogen) atoms. The molecule has 0 radical (unpaired) electrons. The van der Waals surface area contributed by atoms with Crippen LogP contribution in [-0.4, -0.2) is 95.9 Å². The number of hydrogen-bond acceptors (Lipinski definition) is 14. The van der Waals surface area contributed by atoms with Crippen molar-refractivity contribution < 1.29 is 75.8 Å². The fourth-order valence-electron chi connectivity index (χ4n) is 10.9. The van der Waals surface area contributed by atoms with Crippen LogP contribution in [0.2, 0.25) is 0 Å². The smallest absolute Gasteiger partial charge is 0.463 e. The molecule has 0 spiro atoms. The summed E-state index contributed by atoms with van der Waals surface area (Å²) >= 11 is 0. The largest absolute Gasteiger partial charge is 0.472 e. The highest BCUT2D eigenvalue weighted by Crippen LogP contribution is 2.45. The highest BCUT2D eigenvalue weighted by atomic mass is 31.2. The molecule has 612 valence electrons. The van der Waals surface area contributed by atoms with Crippen molar-refractivity contribution in [3.8, 4) is 0 Å². The van der Waals surface area contributed by atoms with E-state index in [0.29, 0.717) is 25.7 Å². The number of ether oxygens (including phenoxy) is 3. The summed E-state index contributed by atoms with van der Waals surface area (Å²) in [5.74, 6) is -1.66. The number of carbonyl (C=O) groups is 3. The van der Waals surface area contributed by atoms with E-state index in [1.54, 1.807) is 0 Å². The van der Waals surface area contributed by atoms with Gasteiger partial charge in [-0.1, -0.05) is 326 Å². The molecule has 0 aromatic carbocycles. The predicted octanol–water partition coefficient (Wildman–Crippen LogP) is 25.0. The number of esters is 3. The molecular formula is C89H150O16P2. The van der Waals surface area contributed by atoms with Gasteiger partial charge in [-0.3, -0.25) is 32.5 Å². The van der Waals surface area contributed by atoms with E-state index in [1.165, 1.54) is 128 Å². The number of phosphoric ester groups is 2. The lowest BCUT2D eigenvalue weighted by atomic mass is 10.0. The van der Waals surface area contributed by atoms with Gasteiger partial charge >= 0.3 is 33.6 Å². The van der Waals surface area contributed by atoms with Gasteiger partial charge in [-0.2, -0.15) is 0 Å². The second kappa shape index (κ2) is 80.7. The molecule has 4 N–H and O–H groups in total. The molecule has 0 bridgehead atoms. The number of rotatable bonds is 78. The summed E-state index contributed by atoms with van der Waals surface area (Å²) in [5.41, 5.74) is 0. The second-order valence-electron chi connectivity index (χ2n) is 27.5. The fraction of sp³-hybridized carbons (Fsp3) is 0.674. The standard InChI is InChI=1S/C89H150O16P2/c1-4-7-10-13-16-19-22-25-28-31-33-34-35-36-37-38-39-40-41-42-43-44-45-46-47-48-50-53-54-57-60-63-66-69-72-75-87(92)99-78-84(90)79-101-106(95,96)102-80-85(91)81-103-107(97,98)104-83-86(105-89(94)77-74-71-68-65-62-59-56-51-30-27-24-21-18-15-12-9-6-3)82-100-88(93)76-73-70-67-64-61-58-55-52-49-32-29-26-23-20-17-14-11-8-5-2/h8-9,11-12,16-21,25-30,33-34,36-37,49,52,56,59,65,68,84-86,90-91H,4-7,10,13-15,22-24,31-32,35,38-48,50-51,53-55,57-58,60-64,66-67,69-83H2,1-3H3,(H,95,96)(H,97,98)/b11-8-,12-9-,19-16-,20-17-,21-18-,28-25-,29-26-,30-27-,34-33-,37-36-,52-49-,59-56-,68-65-. The summed E-state index contributed by atoms with van der Waals surface area (Å²) in [6.45, 7) is 2.35. The topological polar surface area (TPSA) is 231 Å². The van der Waals surface area contributed by atoms with E-state index in [0.717, 1.165) is 135 Å². The van der Waals surface area contributed by atoms with E-state index < -0.39 is 91.5 Å². The van der Waals surface area contributed by atoms with Crippen LogP contribution in [-0.2, 0) is 55.8 Å². The zero-order chi connectivity index (χ0) is 78.0. The number of hydrogen-bond donors (Lipinski definition) is 4. The first-order chi connectivity index (χ1) is 52.2. The average molecular weight is 1540 g/mol. The van der Waals surface area contributed by atoms with Gasteiger partial charge in [0.15, 0.2) is 6.10 Å². The van der Waals surface area contributed by atoms with Gasteiger partial charge in [-0.05, 0) is 141 Å². The van der Waals surface area contributed by atoms with Gasteiger partial charge in [0, 0.05) is 19.3 Å². The van der Waals surface area contributed by atoms with Crippen LogP contribution in [0.4, 0.5) is 0 Å². The predicted molar refractivity (Wildman–Crippen MR) is 445 cm³/mol. The molecule has 18 heteroatoms. The van der Waals surface area contributed by atoms with E-state index in [1.807, 2.05) is 12.2 Å². The number of carbonyl (C=O) groups excluding carboxylic acids is 3. The lowest BCUT2D eigenvalue weighted by molar-refractivity contribution is -0.161. The normalized spacial score (nSPS) is 14.7. The lowest BCUT2D eigenvalue weighted by Crippen LogP contribution is -2.30. The summed E-state index contributed by atoms with van der Waals surface area (Å²) in [6, 6.07) is 0. The van der Waals surface area contributed by atoms with Crippen molar-refractivity contribution in [2.75, 3.05) is 39.6 Å². The SMILES string of the molecule is CC/C=C\C/C=C\C/C=C\C/C=C\C/C=C\CCCC(=O)OC(COC(=O)CCCCCCCC/C=C\C/C=C\C/C=C\C/C=C\CC)COP(=O)(O)OCC(O)COP(=O)(O)OCC(O)COC(=O)CCCCCCCCCCCCCCCCCCCCC/C=C\C/C=C\C/C=C\C/C=C\CCCCC. The van der Waals surface area contributed by atoms with Crippen molar-refractivity contribution in [2.45, 2.75) is 347 Å². The number of phosphoric acid groups is 2. The van der Waals surface area contributed by atoms with Gasteiger partial charge in [0.1, 0.15) is 25.4 Å². The van der Waals surface area contributed by atoms with Crippen molar-refractivity contribution in [1.29, 1.82) is 0 Å². The lowest BCUT2D eigenvalue weighted by Gasteiger charge is -2.21. The van der Waals surface area contributed by atoms with Crippen molar-refractivity contribution in [2.24, 2.45) is 0 Å². The van der Waals surface area contributed by atoms with E-state index in [-0.39, 0.29) is 19.3 Å². The number of allylic oxidation sites excluding steroid dienone is 26. The Morgan fingerprint density at radius 1 is 0.271 bits per heavy atom. The van der Waals surface area contributed by atoms with E-state index in [4.69, 9.17) is 32.3 Å². The third kappa shape index (κ3) is 82.0. The first kappa shape index (κ1) is 102. The molecule has 0 saturated carbocycles. The molecule has 5 unspecified atom stereocenters. The molecule has 0 rings (SSSR count). The number of unbranched alkanes of at least 4 members (excludes halogenated alkanes) is 29. The summed E-state index contributed by atoms with van der Waals surface area (Å²) in [4.78, 5) is 58.7. The molecule has 0 aliphatic carbocycles. The molecule has 0 amide bonds. The Morgan fingerprint density at radius 2 is 0.505 bits per heavy atom. The average Bonchev–Trinajstić information content (AvgIpc) is 0.905. The van der Waals surface area contributed by atoms with Crippen LogP contribution in [0.1, 0.15) is 329 Å². The van der Waals surface area contributed by atoms with Crippen LogP contribution in [0, 0.1) is 0 Å². The van der Waals surface area contributed by atoms with Crippen LogP contribution < -0.4 is 0 Å². The zero-order valence-corrected chi connectivity index (χ0v) is 68.8. The van der Waals surface area contributed by atoms with Gasteiger partial charge in [0.05, 0.1) is 26.4 Å². The maximum absolute atomic E-state index is 13.0. The second-order valence-corrected chi connectivity index (χ2v) is 30.4. The van der Waals surface area contributed by atoms with Gasteiger partial charge in [-0.15, -0.1) is 0 Å². The molecule has 0 aromatic heterocycles. The van der Waals surface area contributed by atoms with Crippen LogP contribution >= 0.6 is 15.6 Å². The van der Waals surface area contributed by atoms with Crippen molar-refractivity contribution in [3.05, 3.63) is 158 Å². The molecule has 16 nitrogen and oxygen atoms in total. The molecule has 0 heterocycles. The molecule has 0 aliphatic heterocycles. The van der Waals surface area contributed by atoms with Crippen LogP contribution in [0.5, 0.6) is 0 Å². The summed E-state index contributed by atoms with van der Waals surface area (Å²) in [7, 11) is -9.82. The maximum atomic E-state index is 13.0. The highest BCUT2D eigenvalue weighted by molar-refractivity contribution is 7.47. The summed E-state index contributed by atoms with van der Waals surface area (Å²) in [6.07, 6.45) is 102. The minimum Gasteiger partial charge on any atom is -0.463 e. The zero-order valence-electron chi connectivity index (χ0n) is 67.0. The van der Waals surface area contributed by atoms with Gasteiger partial charge in [0.2, 0.25) is 0 Å². The Morgan fingerprint density at radius 3 is 0.813 bits per heavy atom. The van der Waals surface area contributed by atoms with Crippen molar-refractivity contribution in [1.82, 2.24) is 0 Å². The molecule has 0 saturated heterocycles. The molecule has 0 aromatic rings. The minimum absolute atomic E-state index is 0.0183.